The van der Waals surface area contributed by atoms with E-state index in [-0.39, 0.29) is 25.1 Å². The van der Waals surface area contributed by atoms with Crippen molar-refractivity contribution in [2.24, 2.45) is 0 Å². The third-order valence-corrected chi connectivity index (χ3v) is 3.76. The Labute approximate surface area is 188 Å². The normalized spacial score (nSPS) is 12.3. The number of amides is 3. The summed E-state index contributed by atoms with van der Waals surface area (Å²) < 4.78 is 10.2. The third kappa shape index (κ3) is 11.2. The molecule has 1 rings (SSSR count). The van der Waals surface area contributed by atoms with E-state index >= 15 is 0 Å². The number of carboxylic acid groups (broad SMARTS) is 1. The topological polar surface area (TPSA) is 143 Å². The lowest BCUT2D eigenvalue weighted by Crippen LogP contribution is -2.43. The minimum atomic E-state index is -1.22. The lowest BCUT2D eigenvalue weighted by atomic mass is 10.1. The number of carbonyl (C=O) groups is 4. The number of ether oxygens (including phenoxy) is 2. The smallest absolute Gasteiger partial charge is 0.407 e. The molecule has 32 heavy (non-hydrogen) atoms. The molecule has 0 aliphatic heterocycles. The van der Waals surface area contributed by atoms with Crippen LogP contribution in [0.1, 0.15) is 63.9 Å². The Kier molecular flexibility index (Phi) is 9.49. The summed E-state index contributed by atoms with van der Waals surface area (Å²) >= 11 is 0. The second-order valence-corrected chi connectivity index (χ2v) is 9.13. The Balaban J connectivity index is 2.56. The summed E-state index contributed by atoms with van der Waals surface area (Å²) in [5.41, 5.74) is -0.269. The first-order valence-corrected chi connectivity index (χ1v) is 10.2. The van der Waals surface area contributed by atoms with Gasteiger partial charge in [-0.3, -0.25) is 4.79 Å². The minimum Gasteiger partial charge on any atom is -0.480 e. The first-order valence-electron chi connectivity index (χ1n) is 10.2. The third-order valence-electron chi connectivity index (χ3n) is 3.76. The number of carbonyl (C=O) groups excluding carboxylic acids is 3. The predicted molar refractivity (Wildman–Crippen MR) is 117 cm³/mol. The molecule has 0 fully saturated rings. The molecule has 0 aliphatic rings. The average Bonchev–Trinajstić information content (AvgIpc) is 2.63. The van der Waals surface area contributed by atoms with E-state index < -0.39 is 41.3 Å². The van der Waals surface area contributed by atoms with Gasteiger partial charge in [-0.15, -0.1) is 0 Å². The number of hydrogen-bond donors (Lipinski definition) is 4. The number of hydrogen-bond acceptors (Lipinski definition) is 6. The minimum absolute atomic E-state index is 0.0153. The van der Waals surface area contributed by atoms with Gasteiger partial charge in [0.1, 0.15) is 17.2 Å². The summed E-state index contributed by atoms with van der Waals surface area (Å²) in [4.78, 5) is 47.2. The number of nitrogens with one attached hydrogen (secondary N) is 3. The van der Waals surface area contributed by atoms with Crippen molar-refractivity contribution in [1.82, 2.24) is 16.0 Å². The molecule has 178 valence electrons. The highest BCUT2D eigenvalue weighted by molar-refractivity contribution is 5.96. The van der Waals surface area contributed by atoms with E-state index in [1.165, 1.54) is 12.1 Å². The Hall–Kier alpha value is -3.30. The predicted octanol–water partition coefficient (Wildman–Crippen LogP) is 2.81. The summed E-state index contributed by atoms with van der Waals surface area (Å²) in [5, 5.41) is 16.9. The second-order valence-electron chi connectivity index (χ2n) is 9.13. The van der Waals surface area contributed by atoms with E-state index in [2.05, 4.69) is 16.0 Å². The van der Waals surface area contributed by atoms with Gasteiger partial charge in [-0.1, -0.05) is 12.1 Å². The molecule has 0 saturated carbocycles. The van der Waals surface area contributed by atoms with Crippen LogP contribution in [0.2, 0.25) is 0 Å². The molecular weight excluding hydrogens is 418 g/mol. The highest BCUT2D eigenvalue weighted by atomic mass is 16.6. The zero-order valence-electron chi connectivity index (χ0n) is 19.4. The van der Waals surface area contributed by atoms with Crippen molar-refractivity contribution in [3.63, 3.8) is 0 Å². The van der Waals surface area contributed by atoms with Crippen molar-refractivity contribution in [1.29, 1.82) is 0 Å². The van der Waals surface area contributed by atoms with Gasteiger partial charge < -0.3 is 30.5 Å². The van der Waals surface area contributed by atoms with Crippen LogP contribution < -0.4 is 16.0 Å². The SMILES string of the molecule is CC(C)(C)OC(=O)NCC[C@H](NC(=O)c1ccc(CNC(=O)OC(C)(C)C)cc1)C(=O)O. The van der Waals surface area contributed by atoms with Gasteiger partial charge in [-0.2, -0.15) is 0 Å². The number of carboxylic acids is 1. The van der Waals surface area contributed by atoms with E-state index in [1.807, 2.05) is 0 Å². The van der Waals surface area contributed by atoms with E-state index in [9.17, 15) is 24.3 Å². The molecular formula is C22H33N3O7. The fourth-order valence-corrected chi connectivity index (χ4v) is 2.39. The van der Waals surface area contributed by atoms with Gasteiger partial charge in [0.05, 0.1) is 0 Å². The van der Waals surface area contributed by atoms with E-state index in [1.54, 1.807) is 53.7 Å². The van der Waals surface area contributed by atoms with Gasteiger partial charge in [0, 0.05) is 18.7 Å². The summed E-state index contributed by atoms with van der Waals surface area (Å²) in [7, 11) is 0. The van der Waals surface area contributed by atoms with Crippen molar-refractivity contribution in [2.75, 3.05) is 6.54 Å². The second kappa shape index (κ2) is 11.4. The quantitative estimate of drug-likeness (QED) is 0.476. The zero-order chi connectivity index (χ0) is 24.5. The van der Waals surface area contributed by atoms with Crippen LogP contribution in [-0.2, 0) is 20.8 Å². The van der Waals surface area contributed by atoms with Crippen LogP contribution in [0.15, 0.2) is 24.3 Å². The summed E-state index contributed by atoms with van der Waals surface area (Å²) in [6.07, 6.45) is -1.23. The van der Waals surface area contributed by atoms with Crippen LogP contribution in [-0.4, -0.2) is 53.0 Å². The Morgan fingerprint density at radius 1 is 0.875 bits per heavy atom. The standard InChI is InChI=1S/C22H33N3O7/c1-21(2,3)31-19(29)23-12-11-16(18(27)28)25-17(26)15-9-7-14(8-10-15)13-24-20(30)32-22(4,5)6/h7-10,16H,11-13H2,1-6H3,(H,23,29)(H,24,30)(H,25,26)(H,27,28)/t16-/m0/s1. The van der Waals surface area contributed by atoms with Crippen LogP contribution in [0.5, 0.6) is 0 Å². The van der Waals surface area contributed by atoms with Gasteiger partial charge in [-0.25, -0.2) is 14.4 Å². The highest BCUT2D eigenvalue weighted by Crippen LogP contribution is 2.09. The monoisotopic (exact) mass is 451 g/mol. The van der Waals surface area contributed by atoms with Crippen molar-refractivity contribution < 1.29 is 33.8 Å². The molecule has 3 amide bonds. The average molecular weight is 452 g/mol. The molecule has 1 aromatic rings. The maximum Gasteiger partial charge on any atom is 0.407 e. The zero-order valence-corrected chi connectivity index (χ0v) is 19.4. The van der Waals surface area contributed by atoms with E-state index in [4.69, 9.17) is 9.47 Å². The fourth-order valence-electron chi connectivity index (χ4n) is 2.39. The first-order chi connectivity index (χ1) is 14.7. The van der Waals surface area contributed by atoms with Crippen LogP contribution in [0, 0.1) is 0 Å². The van der Waals surface area contributed by atoms with Gasteiger partial charge in [0.15, 0.2) is 0 Å². The number of aliphatic carboxylic acids is 1. The van der Waals surface area contributed by atoms with E-state index in [0.717, 1.165) is 5.56 Å². The fraction of sp³-hybridized carbons (Fsp3) is 0.545. The molecule has 0 radical (unpaired) electrons. The van der Waals surface area contributed by atoms with Gasteiger partial charge in [-0.05, 0) is 65.7 Å². The molecule has 0 saturated heterocycles. The van der Waals surface area contributed by atoms with Gasteiger partial charge >= 0.3 is 18.2 Å². The summed E-state index contributed by atoms with van der Waals surface area (Å²) in [5.74, 6) is -1.79. The molecule has 4 N–H and O–H groups in total. The maximum atomic E-state index is 12.4. The molecule has 0 spiro atoms. The molecule has 1 atom stereocenters. The summed E-state index contributed by atoms with van der Waals surface area (Å²) in [6.45, 7) is 10.7. The molecule has 0 heterocycles. The molecule has 0 unspecified atom stereocenters. The van der Waals surface area contributed by atoms with Crippen molar-refractivity contribution in [2.45, 2.75) is 71.8 Å². The highest BCUT2D eigenvalue weighted by Gasteiger charge is 2.22. The number of alkyl carbamates (subject to hydrolysis) is 2. The summed E-state index contributed by atoms with van der Waals surface area (Å²) in [6, 6.07) is 5.16. The molecule has 1 aromatic carbocycles. The number of benzene rings is 1. The maximum absolute atomic E-state index is 12.4. The molecule has 10 nitrogen and oxygen atoms in total. The lowest BCUT2D eigenvalue weighted by Gasteiger charge is -2.20. The molecule has 10 heteroatoms. The Bertz CT molecular complexity index is 808. The van der Waals surface area contributed by atoms with E-state index in [0.29, 0.717) is 0 Å². The van der Waals surface area contributed by atoms with Crippen LogP contribution in [0.25, 0.3) is 0 Å². The first kappa shape index (κ1) is 26.7. The van der Waals surface area contributed by atoms with Gasteiger partial charge in [0.2, 0.25) is 0 Å². The molecule has 0 aromatic heterocycles. The lowest BCUT2D eigenvalue weighted by molar-refractivity contribution is -0.139. The molecule has 0 bridgehead atoms. The Morgan fingerprint density at radius 2 is 1.38 bits per heavy atom. The Morgan fingerprint density at radius 3 is 1.84 bits per heavy atom. The van der Waals surface area contributed by atoms with Crippen LogP contribution in [0.3, 0.4) is 0 Å². The number of rotatable bonds is 8. The van der Waals surface area contributed by atoms with Crippen molar-refractivity contribution >= 4 is 24.1 Å². The van der Waals surface area contributed by atoms with Gasteiger partial charge in [0.25, 0.3) is 5.91 Å². The van der Waals surface area contributed by atoms with Crippen LogP contribution in [0.4, 0.5) is 9.59 Å². The largest absolute Gasteiger partial charge is 0.480 e. The van der Waals surface area contributed by atoms with Crippen LogP contribution >= 0.6 is 0 Å². The van der Waals surface area contributed by atoms with Crippen molar-refractivity contribution in [3.05, 3.63) is 35.4 Å². The van der Waals surface area contributed by atoms with Crippen molar-refractivity contribution in [3.8, 4) is 0 Å². The molecule has 0 aliphatic carbocycles.